The van der Waals surface area contributed by atoms with Crippen molar-refractivity contribution in [3.63, 3.8) is 0 Å². The SMILES string of the molecule is CCCCC(O)C1C=CC(=O)O1. The quantitative estimate of drug-likeness (QED) is 0.641. The first-order valence-electron chi connectivity index (χ1n) is 4.31. The van der Waals surface area contributed by atoms with Crippen molar-refractivity contribution in [2.75, 3.05) is 0 Å². The van der Waals surface area contributed by atoms with Crippen LogP contribution in [0.5, 0.6) is 0 Å². The van der Waals surface area contributed by atoms with Gasteiger partial charge in [-0.3, -0.25) is 0 Å². The van der Waals surface area contributed by atoms with E-state index in [2.05, 4.69) is 6.92 Å². The fourth-order valence-corrected chi connectivity index (χ4v) is 1.17. The van der Waals surface area contributed by atoms with Crippen molar-refractivity contribution in [2.45, 2.75) is 38.4 Å². The standard InChI is InChI=1S/C9H14O3/c1-2-3-4-7(10)8-5-6-9(11)12-8/h5-8,10H,2-4H2,1H3. The molecule has 0 radical (unpaired) electrons. The number of ether oxygens (including phenoxy) is 1. The van der Waals surface area contributed by atoms with Gasteiger partial charge in [0.25, 0.3) is 0 Å². The van der Waals surface area contributed by atoms with Gasteiger partial charge in [0.05, 0.1) is 6.10 Å². The van der Waals surface area contributed by atoms with Gasteiger partial charge in [0.2, 0.25) is 0 Å². The van der Waals surface area contributed by atoms with Gasteiger partial charge in [0.15, 0.2) is 0 Å². The summed E-state index contributed by atoms with van der Waals surface area (Å²) in [6, 6.07) is 0. The van der Waals surface area contributed by atoms with Gasteiger partial charge in [-0.25, -0.2) is 4.79 Å². The minimum Gasteiger partial charge on any atom is -0.452 e. The molecule has 1 aliphatic rings. The Bertz CT molecular complexity index is 186. The van der Waals surface area contributed by atoms with E-state index in [1.54, 1.807) is 6.08 Å². The summed E-state index contributed by atoms with van der Waals surface area (Å²) in [5, 5.41) is 9.47. The number of aliphatic hydroxyl groups is 1. The van der Waals surface area contributed by atoms with E-state index in [-0.39, 0.29) is 5.97 Å². The first-order chi connectivity index (χ1) is 5.74. The summed E-state index contributed by atoms with van der Waals surface area (Å²) in [5.41, 5.74) is 0. The number of hydrogen-bond donors (Lipinski definition) is 1. The highest BCUT2D eigenvalue weighted by Crippen LogP contribution is 2.13. The van der Waals surface area contributed by atoms with Gasteiger partial charge in [0.1, 0.15) is 6.10 Å². The highest BCUT2D eigenvalue weighted by Gasteiger charge is 2.23. The van der Waals surface area contributed by atoms with Crippen molar-refractivity contribution in [1.82, 2.24) is 0 Å². The minimum atomic E-state index is -0.535. The number of carbonyl (C=O) groups is 1. The molecule has 2 unspecified atom stereocenters. The Balaban J connectivity index is 2.28. The van der Waals surface area contributed by atoms with E-state index < -0.39 is 12.2 Å². The Hall–Kier alpha value is -0.830. The summed E-state index contributed by atoms with van der Waals surface area (Å²) in [6.07, 6.45) is 4.72. The van der Waals surface area contributed by atoms with Gasteiger partial charge in [-0.15, -0.1) is 0 Å². The predicted molar refractivity (Wildman–Crippen MR) is 44.6 cm³/mol. The maximum absolute atomic E-state index is 10.6. The lowest BCUT2D eigenvalue weighted by atomic mass is 10.1. The van der Waals surface area contributed by atoms with Crippen molar-refractivity contribution in [2.24, 2.45) is 0 Å². The van der Waals surface area contributed by atoms with E-state index >= 15 is 0 Å². The number of rotatable bonds is 4. The normalized spacial score (nSPS) is 24.2. The molecule has 0 aromatic rings. The molecule has 3 nitrogen and oxygen atoms in total. The fourth-order valence-electron chi connectivity index (χ4n) is 1.17. The number of carbonyl (C=O) groups excluding carboxylic acids is 1. The smallest absolute Gasteiger partial charge is 0.331 e. The largest absolute Gasteiger partial charge is 0.452 e. The second-order valence-corrected chi connectivity index (χ2v) is 2.97. The molecule has 0 saturated carbocycles. The molecular weight excluding hydrogens is 156 g/mol. The van der Waals surface area contributed by atoms with E-state index in [9.17, 15) is 9.90 Å². The van der Waals surface area contributed by atoms with E-state index in [1.807, 2.05) is 0 Å². The van der Waals surface area contributed by atoms with Crippen LogP contribution in [0.25, 0.3) is 0 Å². The van der Waals surface area contributed by atoms with E-state index in [1.165, 1.54) is 6.08 Å². The summed E-state index contributed by atoms with van der Waals surface area (Å²) in [6.45, 7) is 2.06. The van der Waals surface area contributed by atoms with Crippen molar-refractivity contribution in [3.8, 4) is 0 Å². The molecule has 0 saturated heterocycles. The van der Waals surface area contributed by atoms with E-state index in [0.29, 0.717) is 6.42 Å². The summed E-state index contributed by atoms with van der Waals surface area (Å²) >= 11 is 0. The third kappa shape index (κ3) is 2.34. The van der Waals surface area contributed by atoms with Crippen LogP contribution in [0.1, 0.15) is 26.2 Å². The van der Waals surface area contributed by atoms with Gasteiger partial charge in [-0.2, -0.15) is 0 Å². The van der Waals surface area contributed by atoms with Crippen LogP contribution in [-0.4, -0.2) is 23.3 Å². The second kappa shape index (κ2) is 4.26. The molecule has 12 heavy (non-hydrogen) atoms. The van der Waals surface area contributed by atoms with Crippen LogP contribution in [0.3, 0.4) is 0 Å². The van der Waals surface area contributed by atoms with Crippen LogP contribution in [0.4, 0.5) is 0 Å². The lowest BCUT2D eigenvalue weighted by Crippen LogP contribution is -2.25. The van der Waals surface area contributed by atoms with Crippen molar-refractivity contribution in [1.29, 1.82) is 0 Å². The fraction of sp³-hybridized carbons (Fsp3) is 0.667. The molecule has 1 heterocycles. The highest BCUT2D eigenvalue weighted by molar-refractivity contribution is 5.84. The molecule has 0 fully saturated rings. The van der Waals surface area contributed by atoms with Crippen LogP contribution in [-0.2, 0) is 9.53 Å². The van der Waals surface area contributed by atoms with E-state index in [0.717, 1.165) is 12.8 Å². The second-order valence-electron chi connectivity index (χ2n) is 2.97. The number of aliphatic hydroxyl groups excluding tert-OH is 1. The molecule has 68 valence electrons. The Kier molecular flexibility index (Phi) is 3.29. The van der Waals surface area contributed by atoms with Crippen LogP contribution < -0.4 is 0 Å². The molecule has 0 aliphatic carbocycles. The minimum absolute atomic E-state index is 0.351. The Morgan fingerprint density at radius 1 is 1.75 bits per heavy atom. The average Bonchev–Trinajstić information content (AvgIpc) is 2.47. The number of hydrogen-bond acceptors (Lipinski definition) is 3. The van der Waals surface area contributed by atoms with Crippen molar-refractivity contribution in [3.05, 3.63) is 12.2 Å². The molecule has 0 aromatic heterocycles. The van der Waals surface area contributed by atoms with Crippen LogP contribution in [0.15, 0.2) is 12.2 Å². The van der Waals surface area contributed by atoms with Gasteiger partial charge < -0.3 is 9.84 Å². The van der Waals surface area contributed by atoms with Gasteiger partial charge in [0, 0.05) is 6.08 Å². The van der Waals surface area contributed by atoms with Crippen LogP contribution in [0.2, 0.25) is 0 Å². The lowest BCUT2D eigenvalue weighted by molar-refractivity contribution is -0.142. The highest BCUT2D eigenvalue weighted by atomic mass is 16.6. The summed E-state index contributed by atoms with van der Waals surface area (Å²) in [7, 11) is 0. The third-order valence-electron chi connectivity index (χ3n) is 1.91. The van der Waals surface area contributed by atoms with Crippen molar-refractivity contribution < 1.29 is 14.6 Å². The summed E-state index contributed by atoms with van der Waals surface area (Å²) in [5.74, 6) is -0.351. The summed E-state index contributed by atoms with van der Waals surface area (Å²) in [4.78, 5) is 10.6. The van der Waals surface area contributed by atoms with Crippen molar-refractivity contribution >= 4 is 5.97 Å². The zero-order valence-electron chi connectivity index (χ0n) is 7.19. The van der Waals surface area contributed by atoms with E-state index in [4.69, 9.17) is 4.74 Å². The summed E-state index contributed by atoms with van der Waals surface area (Å²) < 4.78 is 4.82. The molecule has 3 heteroatoms. The number of esters is 1. The van der Waals surface area contributed by atoms with Gasteiger partial charge >= 0.3 is 5.97 Å². The van der Waals surface area contributed by atoms with Gasteiger partial charge in [-0.1, -0.05) is 19.8 Å². The molecule has 0 amide bonds. The van der Waals surface area contributed by atoms with Crippen LogP contribution >= 0.6 is 0 Å². The number of cyclic esters (lactones) is 1. The molecule has 0 spiro atoms. The zero-order valence-corrected chi connectivity index (χ0v) is 7.19. The Labute approximate surface area is 72.0 Å². The maximum atomic E-state index is 10.6. The molecule has 1 rings (SSSR count). The first kappa shape index (κ1) is 9.26. The first-order valence-corrected chi connectivity index (χ1v) is 4.31. The van der Waals surface area contributed by atoms with Gasteiger partial charge in [-0.05, 0) is 12.5 Å². The molecule has 2 atom stereocenters. The maximum Gasteiger partial charge on any atom is 0.331 e. The average molecular weight is 170 g/mol. The lowest BCUT2D eigenvalue weighted by Gasteiger charge is -2.15. The Morgan fingerprint density at radius 2 is 2.50 bits per heavy atom. The third-order valence-corrected chi connectivity index (χ3v) is 1.91. The predicted octanol–water partition coefficient (Wildman–Crippen LogP) is 1.02. The molecule has 1 aliphatic heterocycles. The molecular formula is C9H14O3. The molecule has 0 bridgehead atoms. The zero-order chi connectivity index (χ0) is 8.97. The number of unbranched alkanes of at least 4 members (excludes halogenated alkanes) is 1. The molecule has 1 N–H and O–H groups in total. The topological polar surface area (TPSA) is 46.5 Å². The Morgan fingerprint density at radius 3 is 3.00 bits per heavy atom. The molecule has 0 aromatic carbocycles. The van der Waals surface area contributed by atoms with Crippen LogP contribution in [0, 0.1) is 0 Å². The monoisotopic (exact) mass is 170 g/mol.